The Morgan fingerprint density at radius 2 is 2.10 bits per heavy atom. The van der Waals surface area contributed by atoms with Gasteiger partial charge in [-0.05, 0) is 31.7 Å². The minimum absolute atomic E-state index is 0.320. The van der Waals surface area contributed by atoms with E-state index in [0.717, 1.165) is 38.0 Å². The zero-order valence-electron chi connectivity index (χ0n) is 16.1. The van der Waals surface area contributed by atoms with E-state index < -0.39 is 12.1 Å². The third-order valence-electron chi connectivity index (χ3n) is 5.01. The average molecular weight is 415 g/mol. The highest BCUT2D eigenvalue weighted by atomic mass is 19.4. The summed E-state index contributed by atoms with van der Waals surface area (Å²) in [7, 11) is 0. The number of halogens is 3. The molecular weight excluding hydrogens is 391 g/mol. The Hall–Kier alpha value is -2.33. The van der Waals surface area contributed by atoms with E-state index in [0.29, 0.717) is 12.6 Å². The van der Waals surface area contributed by atoms with Crippen LogP contribution in [0.15, 0.2) is 29.2 Å². The Kier molecular flexibility index (Phi) is 6.63. The maximum absolute atomic E-state index is 10.6. The van der Waals surface area contributed by atoms with E-state index in [2.05, 4.69) is 21.4 Å². The zero-order chi connectivity index (χ0) is 21.0. The Morgan fingerprint density at radius 3 is 2.69 bits per heavy atom. The monoisotopic (exact) mass is 415 g/mol. The molecule has 1 N–H and O–H groups in total. The number of rotatable bonds is 6. The summed E-state index contributed by atoms with van der Waals surface area (Å²) in [6.07, 6.45) is 3.14. The molecule has 0 radical (unpaired) electrons. The predicted molar refractivity (Wildman–Crippen MR) is 95.8 cm³/mol. The van der Waals surface area contributed by atoms with Crippen LogP contribution in [0.1, 0.15) is 42.9 Å². The lowest BCUT2D eigenvalue weighted by Gasteiger charge is -2.34. The second kappa shape index (κ2) is 9.00. The van der Waals surface area contributed by atoms with Gasteiger partial charge in [-0.15, -0.1) is 0 Å². The largest absolute Gasteiger partial charge is 0.490 e. The molecule has 1 unspecified atom stereocenters. The number of carbonyl (C=O) groups is 1. The van der Waals surface area contributed by atoms with Crippen molar-refractivity contribution in [2.45, 2.75) is 51.7 Å². The van der Waals surface area contributed by atoms with Crippen molar-refractivity contribution in [3.63, 3.8) is 0 Å². The van der Waals surface area contributed by atoms with Crippen LogP contribution in [0.4, 0.5) is 13.2 Å². The standard InChI is InChI=1S/C17H23N3O2.C2HF3O2/c1-13-17-18-8-16(12-22-10-14-2-3-14)20(17)6-5-19(13)9-15-4-7-21-11-15;3-2(4,5)1(6)7/h4,7-8,11,13-14H,2-3,5-6,9-10,12H2,1H3;(H,6,7). The molecule has 2 aromatic rings. The summed E-state index contributed by atoms with van der Waals surface area (Å²) < 4.78 is 45.1. The number of ether oxygens (including phenoxy) is 1. The lowest BCUT2D eigenvalue weighted by Crippen LogP contribution is -2.37. The van der Waals surface area contributed by atoms with Gasteiger partial charge < -0.3 is 18.8 Å². The van der Waals surface area contributed by atoms with Gasteiger partial charge in [0.05, 0.1) is 37.1 Å². The quantitative estimate of drug-likeness (QED) is 0.776. The molecule has 0 bridgehead atoms. The van der Waals surface area contributed by atoms with Crippen molar-refractivity contribution < 1.29 is 32.2 Å². The Labute approximate surface area is 166 Å². The van der Waals surface area contributed by atoms with Gasteiger partial charge in [0.2, 0.25) is 0 Å². The van der Waals surface area contributed by atoms with Gasteiger partial charge in [-0.2, -0.15) is 13.2 Å². The predicted octanol–water partition coefficient (Wildman–Crippen LogP) is 3.61. The molecule has 2 aromatic heterocycles. The number of aromatic nitrogens is 2. The fourth-order valence-corrected chi connectivity index (χ4v) is 3.17. The first-order valence-corrected chi connectivity index (χ1v) is 9.43. The van der Waals surface area contributed by atoms with E-state index in [9.17, 15) is 13.2 Å². The highest BCUT2D eigenvalue weighted by Gasteiger charge is 2.38. The second-order valence-electron chi connectivity index (χ2n) is 7.30. The van der Waals surface area contributed by atoms with Crippen LogP contribution in [0.2, 0.25) is 0 Å². The molecule has 29 heavy (non-hydrogen) atoms. The maximum atomic E-state index is 10.6. The number of hydrogen-bond acceptors (Lipinski definition) is 5. The molecule has 0 aromatic carbocycles. The normalized spacial score (nSPS) is 19.4. The number of alkyl halides is 3. The van der Waals surface area contributed by atoms with Crippen molar-refractivity contribution >= 4 is 5.97 Å². The first-order valence-electron chi connectivity index (χ1n) is 9.43. The molecule has 1 aliphatic carbocycles. The van der Waals surface area contributed by atoms with Crippen LogP contribution in [0, 0.1) is 5.92 Å². The number of furan rings is 1. The van der Waals surface area contributed by atoms with Gasteiger partial charge in [-0.3, -0.25) is 4.90 Å². The van der Waals surface area contributed by atoms with Crippen LogP contribution in [0.25, 0.3) is 0 Å². The maximum Gasteiger partial charge on any atom is 0.490 e. The summed E-state index contributed by atoms with van der Waals surface area (Å²) in [4.78, 5) is 16.0. The topological polar surface area (TPSA) is 80.7 Å². The third-order valence-corrected chi connectivity index (χ3v) is 5.01. The molecule has 7 nitrogen and oxygen atoms in total. The molecule has 160 valence electrons. The molecule has 0 amide bonds. The van der Waals surface area contributed by atoms with E-state index in [1.807, 2.05) is 18.5 Å². The van der Waals surface area contributed by atoms with Crippen LogP contribution in [-0.2, 0) is 29.2 Å². The molecule has 0 spiro atoms. The molecule has 10 heteroatoms. The smallest absolute Gasteiger partial charge is 0.475 e. The summed E-state index contributed by atoms with van der Waals surface area (Å²) in [5, 5.41) is 7.12. The molecular formula is C19H24F3N3O4. The van der Waals surface area contributed by atoms with Crippen molar-refractivity contribution in [2.75, 3.05) is 13.2 Å². The zero-order valence-corrected chi connectivity index (χ0v) is 16.1. The van der Waals surface area contributed by atoms with Gasteiger partial charge >= 0.3 is 12.1 Å². The summed E-state index contributed by atoms with van der Waals surface area (Å²) in [6, 6.07) is 2.35. The number of aliphatic carboxylic acids is 1. The molecule has 1 saturated carbocycles. The van der Waals surface area contributed by atoms with Crippen LogP contribution in [-0.4, -0.2) is 44.9 Å². The van der Waals surface area contributed by atoms with Gasteiger partial charge in [-0.25, -0.2) is 9.78 Å². The Balaban J connectivity index is 0.000000298. The molecule has 3 heterocycles. The number of imidazole rings is 1. The lowest BCUT2D eigenvalue weighted by atomic mass is 10.2. The summed E-state index contributed by atoms with van der Waals surface area (Å²) >= 11 is 0. The Bertz CT molecular complexity index is 800. The van der Waals surface area contributed by atoms with E-state index in [1.165, 1.54) is 24.1 Å². The Morgan fingerprint density at radius 1 is 1.38 bits per heavy atom. The summed E-state index contributed by atoms with van der Waals surface area (Å²) in [5.74, 6) is -0.791. The molecule has 4 rings (SSSR count). The molecule has 1 aliphatic heterocycles. The van der Waals surface area contributed by atoms with E-state index in [4.69, 9.17) is 19.1 Å². The molecule has 1 fully saturated rings. The number of fused-ring (bicyclic) bond motifs is 1. The summed E-state index contributed by atoms with van der Waals surface area (Å²) in [5.41, 5.74) is 2.44. The molecule has 2 aliphatic rings. The van der Waals surface area contributed by atoms with Gasteiger partial charge in [0.1, 0.15) is 5.82 Å². The number of hydrogen-bond donors (Lipinski definition) is 1. The van der Waals surface area contributed by atoms with Gasteiger partial charge in [0.15, 0.2) is 0 Å². The van der Waals surface area contributed by atoms with E-state index >= 15 is 0 Å². The van der Waals surface area contributed by atoms with Gasteiger partial charge in [0.25, 0.3) is 0 Å². The number of nitrogens with zero attached hydrogens (tertiary/aromatic N) is 3. The van der Waals surface area contributed by atoms with Gasteiger partial charge in [-0.1, -0.05) is 0 Å². The van der Waals surface area contributed by atoms with Crippen molar-refractivity contribution in [1.29, 1.82) is 0 Å². The number of carboxylic acids is 1. The van der Waals surface area contributed by atoms with Crippen molar-refractivity contribution in [3.05, 3.63) is 41.9 Å². The van der Waals surface area contributed by atoms with E-state index in [-0.39, 0.29) is 0 Å². The average Bonchev–Trinajstić information content (AvgIpc) is 3.16. The van der Waals surface area contributed by atoms with Crippen LogP contribution in [0.3, 0.4) is 0 Å². The van der Waals surface area contributed by atoms with Crippen molar-refractivity contribution in [1.82, 2.24) is 14.5 Å². The van der Waals surface area contributed by atoms with Crippen molar-refractivity contribution in [3.8, 4) is 0 Å². The fourth-order valence-electron chi connectivity index (χ4n) is 3.17. The highest BCUT2D eigenvalue weighted by molar-refractivity contribution is 5.73. The lowest BCUT2D eigenvalue weighted by molar-refractivity contribution is -0.192. The van der Waals surface area contributed by atoms with Crippen LogP contribution >= 0.6 is 0 Å². The third kappa shape index (κ3) is 5.83. The van der Waals surface area contributed by atoms with Crippen LogP contribution in [0.5, 0.6) is 0 Å². The first kappa shape index (κ1) is 21.4. The summed E-state index contributed by atoms with van der Waals surface area (Å²) in [6.45, 7) is 6.76. The molecule has 0 saturated heterocycles. The first-order chi connectivity index (χ1) is 13.8. The minimum Gasteiger partial charge on any atom is -0.475 e. The number of carboxylic acid groups (broad SMARTS) is 1. The molecule has 1 atom stereocenters. The second-order valence-corrected chi connectivity index (χ2v) is 7.30. The van der Waals surface area contributed by atoms with Gasteiger partial charge in [0, 0.05) is 31.8 Å². The van der Waals surface area contributed by atoms with Crippen molar-refractivity contribution in [2.24, 2.45) is 5.92 Å². The fraction of sp³-hybridized carbons (Fsp3) is 0.579. The van der Waals surface area contributed by atoms with Crippen LogP contribution < -0.4 is 0 Å². The van der Waals surface area contributed by atoms with E-state index in [1.54, 1.807) is 6.26 Å². The highest BCUT2D eigenvalue weighted by Crippen LogP contribution is 2.30. The minimum atomic E-state index is -5.08. The SMILES string of the molecule is CC1c2ncc(COCC3CC3)n2CCN1Cc1ccoc1.O=C(O)C(F)(F)F.